The first-order valence-corrected chi connectivity index (χ1v) is 4.94. The van der Waals surface area contributed by atoms with Gasteiger partial charge in [-0.05, 0) is 26.3 Å². The quantitative estimate of drug-likeness (QED) is 0.761. The predicted molar refractivity (Wildman–Crippen MR) is 53.2 cm³/mol. The summed E-state index contributed by atoms with van der Waals surface area (Å²) in [6.45, 7) is 4.07. The van der Waals surface area contributed by atoms with E-state index in [9.17, 15) is 0 Å². The molecule has 1 atom stereocenters. The minimum absolute atomic E-state index is 0.131. The zero-order valence-corrected chi connectivity index (χ0v) is 8.36. The number of rotatable bonds is 2. The van der Waals surface area contributed by atoms with E-state index in [4.69, 9.17) is 4.74 Å². The maximum atomic E-state index is 5.81. The Bertz CT molecular complexity index is 283. The molecule has 1 aromatic heterocycles. The van der Waals surface area contributed by atoms with Crippen molar-refractivity contribution in [3.63, 3.8) is 0 Å². The van der Waals surface area contributed by atoms with Crippen LogP contribution in [0.4, 0.5) is 0 Å². The van der Waals surface area contributed by atoms with E-state index in [0.717, 1.165) is 25.9 Å². The lowest BCUT2D eigenvalue weighted by atomic mass is 9.96. The van der Waals surface area contributed by atoms with Gasteiger partial charge >= 0.3 is 0 Å². The summed E-state index contributed by atoms with van der Waals surface area (Å²) >= 11 is 0. The molecule has 0 aliphatic carbocycles. The average molecular weight is 193 g/mol. The summed E-state index contributed by atoms with van der Waals surface area (Å²) in [6, 6.07) is 0. The molecule has 76 valence electrons. The lowest BCUT2D eigenvalue weighted by molar-refractivity contribution is 0.0562. The van der Waals surface area contributed by atoms with Crippen LogP contribution in [0.3, 0.4) is 0 Å². The van der Waals surface area contributed by atoms with Crippen LogP contribution < -0.4 is 10.1 Å². The number of ether oxygens (including phenoxy) is 1. The number of piperidine rings is 1. The van der Waals surface area contributed by atoms with E-state index in [1.807, 2.05) is 0 Å². The highest BCUT2D eigenvalue weighted by atomic mass is 16.5. The highest BCUT2D eigenvalue weighted by Crippen LogP contribution is 2.21. The van der Waals surface area contributed by atoms with Crippen LogP contribution in [0.25, 0.3) is 0 Å². The van der Waals surface area contributed by atoms with Crippen LogP contribution in [0.15, 0.2) is 18.6 Å². The highest BCUT2D eigenvalue weighted by Gasteiger charge is 2.28. The smallest absolute Gasteiger partial charge is 0.232 e. The van der Waals surface area contributed by atoms with Gasteiger partial charge in [-0.1, -0.05) is 0 Å². The first kappa shape index (κ1) is 9.40. The maximum absolute atomic E-state index is 5.81. The molecule has 2 heterocycles. The molecule has 0 aromatic carbocycles. The molecule has 0 saturated carbocycles. The lowest BCUT2D eigenvalue weighted by Crippen LogP contribution is -2.47. The van der Waals surface area contributed by atoms with E-state index < -0.39 is 0 Å². The number of nitrogens with one attached hydrogen (secondary N) is 1. The van der Waals surface area contributed by atoms with Crippen LogP contribution in [0.1, 0.15) is 19.8 Å². The SMILES string of the molecule is CC1(Oc2cnccn2)CCCNC1. The second-order valence-corrected chi connectivity index (χ2v) is 3.88. The van der Waals surface area contributed by atoms with E-state index in [-0.39, 0.29) is 5.60 Å². The summed E-state index contributed by atoms with van der Waals surface area (Å²) in [6.07, 6.45) is 7.16. The Morgan fingerprint density at radius 1 is 1.50 bits per heavy atom. The van der Waals surface area contributed by atoms with Gasteiger partial charge in [0.2, 0.25) is 5.88 Å². The molecular formula is C10H15N3O. The maximum Gasteiger partial charge on any atom is 0.232 e. The molecule has 1 saturated heterocycles. The summed E-state index contributed by atoms with van der Waals surface area (Å²) in [4.78, 5) is 8.08. The van der Waals surface area contributed by atoms with Crippen LogP contribution in [0, 0.1) is 0 Å². The highest BCUT2D eigenvalue weighted by molar-refractivity contribution is 5.04. The molecule has 0 spiro atoms. The summed E-state index contributed by atoms with van der Waals surface area (Å²) in [5, 5.41) is 3.32. The Hall–Kier alpha value is -1.16. The molecule has 4 heteroatoms. The van der Waals surface area contributed by atoms with E-state index in [1.165, 1.54) is 0 Å². The van der Waals surface area contributed by atoms with Gasteiger partial charge in [-0.25, -0.2) is 4.98 Å². The zero-order chi connectivity index (χ0) is 9.86. The summed E-state index contributed by atoms with van der Waals surface area (Å²) in [5.41, 5.74) is -0.131. The molecule has 1 aromatic rings. The Morgan fingerprint density at radius 2 is 2.43 bits per heavy atom. The minimum atomic E-state index is -0.131. The van der Waals surface area contributed by atoms with Gasteiger partial charge in [-0.2, -0.15) is 0 Å². The van der Waals surface area contributed by atoms with Gasteiger partial charge in [0.25, 0.3) is 0 Å². The Morgan fingerprint density at radius 3 is 3.07 bits per heavy atom. The molecule has 1 unspecified atom stereocenters. The van der Waals surface area contributed by atoms with Crippen molar-refractivity contribution in [3.05, 3.63) is 18.6 Å². The molecule has 0 radical (unpaired) electrons. The van der Waals surface area contributed by atoms with Gasteiger partial charge in [0, 0.05) is 18.9 Å². The average Bonchev–Trinajstić information content (AvgIpc) is 2.19. The first-order valence-electron chi connectivity index (χ1n) is 4.94. The molecule has 1 aliphatic heterocycles. The fourth-order valence-corrected chi connectivity index (χ4v) is 1.71. The number of hydrogen-bond donors (Lipinski definition) is 1. The van der Waals surface area contributed by atoms with E-state index in [1.54, 1.807) is 18.6 Å². The second kappa shape index (κ2) is 3.92. The van der Waals surface area contributed by atoms with E-state index >= 15 is 0 Å². The molecule has 1 aliphatic rings. The Labute approximate surface area is 83.7 Å². The van der Waals surface area contributed by atoms with Gasteiger partial charge in [-0.15, -0.1) is 0 Å². The third-order valence-corrected chi connectivity index (χ3v) is 2.45. The lowest BCUT2D eigenvalue weighted by Gasteiger charge is -2.33. The van der Waals surface area contributed by atoms with Crippen molar-refractivity contribution in [2.75, 3.05) is 13.1 Å². The number of nitrogens with zero attached hydrogens (tertiary/aromatic N) is 2. The third-order valence-electron chi connectivity index (χ3n) is 2.45. The van der Waals surface area contributed by atoms with Crippen molar-refractivity contribution in [3.8, 4) is 5.88 Å². The monoisotopic (exact) mass is 193 g/mol. The molecule has 14 heavy (non-hydrogen) atoms. The minimum Gasteiger partial charge on any atom is -0.469 e. The molecule has 0 amide bonds. The summed E-state index contributed by atoms with van der Waals surface area (Å²) < 4.78 is 5.81. The van der Waals surface area contributed by atoms with Crippen LogP contribution in [-0.4, -0.2) is 28.7 Å². The van der Waals surface area contributed by atoms with Gasteiger partial charge in [-0.3, -0.25) is 4.98 Å². The van der Waals surface area contributed by atoms with Crippen molar-refractivity contribution < 1.29 is 4.74 Å². The normalized spacial score (nSPS) is 27.2. The second-order valence-electron chi connectivity index (χ2n) is 3.88. The molecule has 4 nitrogen and oxygen atoms in total. The summed E-state index contributed by atoms with van der Waals surface area (Å²) in [5.74, 6) is 0.610. The van der Waals surface area contributed by atoms with Crippen molar-refractivity contribution in [1.82, 2.24) is 15.3 Å². The van der Waals surface area contributed by atoms with E-state index in [0.29, 0.717) is 5.88 Å². The van der Waals surface area contributed by atoms with Crippen molar-refractivity contribution >= 4 is 0 Å². The number of aromatic nitrogens is 2. The van der Waals surface area contributed by atoms with Crippen molar-refractivity contribution in [2.45, 2.75) is 25.4 Å². The fourth-order valence-electron chi connectivity index (χ4n) is 1.71. The zero-order valence-electron chi connectivity index (χ0n) is 8.36. The van der Waals surface area contributed by atoms with Crippen LogP contribution in [0.2, 0.25) is 0 Å². The molecular weight excluding hydrogens is 178 g/mol. The van der Waals surface area contributed by atoms with Gasteiger partial charge in [0.05, 0.1) is 6.20 Å². The van der Waals surface area contributed by atoms with Crippen molar-refractivity contribution in [2.24, 2.45) is 0 Å². The summed E-state index contributed by atoms with van der Waals surface area (Å²) in [7, 11) is 0. The van der Waals surface area contributed by atoms with Crippen LogP contribution in [-0.2, 0) is 0 Å². The molecule has 0 bridgehead atoms. The molecule has 1 N–H and O–H groups in total. The fraction of sp³-hybridized carbons (Fsp3) is 0.600. The van der Waals surface area contributed by atoms with Gasteiger partial charge < -0.3 is 10.1 Å². The van der Waals surface area contributed by atoms with Gasteiger partial charge in [0.15, 0.2) is 0 Å². The Kier molecular flexibility index (Phi) is 2.63. The van der Waals surface area contributed by atoms with Crippen LogP contribution in [0.5, 0.6) is 5.88 Å². The number of hydrogen-bond acceptors (Lipinski definition) is 4. The standard InChI is InChI=1S/C10H15N3O/c1-10(3-2-4-12-8-10)14-9-7-11-5-6-13-9/h5-7,12H,2-4,8H2,1H3. The van der Waals surface area contributed by atoms with Crippen LogP contribution >= 0.6 is 0 Å². The largest absolute Gasteiger partial charge is 0.469 e. The molecule has 1 fully saturated rings. The Balaban J connectivity index is 2.02. The van der Waals surface area contributed by atoms with Crippen molar-refractivity contribution in [1.29, 1.82) is 0 Å². The third kappa shape index (κ3) is 2.20. The van der Waals surface area contributed by atoms with E-state index in [2.05, 4.69) is 22.2 Å². The molecule has 2 rings (SSSR count). The first-order chi connectivity index (χ1) is 6.79. The topological polar surface area (TPSA) is 47.0 Å². The predicted octanol–water partition coefficient (Wildman–Crippen LogP) is 0.997. The van der Waals surface area contributed by atoms with Gasteiger partial charge in [0.1, 0.15) is 5.60 Å².